The predicted octanol–water partition coefficient (Wildman–Crippen LogP) is 5.01. The first-order valence-electron chi connectivity index (χ1n) is 8.43. The van der Waals surface area contributed by atoms with E-state index in [4.69, 9.17) is 21.1 Å². The lowest BCUT2D eigenvalue weighted by Gasteiger charge is -2.21. The Morgan fingerprint density at radius 1 is 1.30 bits per heavy atom. The third-order valence-electron chi connectivity index (χ3n) is 3.67. The van der Waals surface area contributed by atoms with Crippen LogP contribution >= 0.6 is 22.9 Å². The van der Waals surface area contributed by atoms with Gasteiger partial charge in [-0.2, -0.15) is 0 Å². The van der Waals surface area contributed by atoms with Crippen LogP contribution in [0.5, 0.6) is 11.5 Å². The van der Waals surface area contributed by atoms with Crippen LogP contribution in [0.2, 0.25) is 4.34 Å². The van der Waals surface area contributed by atoms with Crippen molar-refractivity contribution in [2.24, 2.45) is 5.41 Å². The lowest BCUT2D eigenvalue weighted by atomic mass is 9.98. The molecule has 3 aromatic rings. The highest BCUT2D eigenvalue weighted by molar-refractivity contribution is 7.20. The minimum absolute atomic E-state index is 0.0154. The van der Waals surface area contributed by atoms with Crippen molar-refractivity contribution in [2.45, 2.75) is 20.8 Å². The van der Waals surface area contributed by atoms with Crippen LogP contribution in [-0.2, 0) is 0 Å². The Hall–Kier alpha value is -2.31. The van der Waals surface area contributed by atoms with Crippen LogP contribution in [0.15, 0.2) is 35.3 Å². The Labute approximate surface area is 166 Å². The number of halogens is 1. The molecule has 142 valence electrons. The van der Waals surface area contributed by atoms with Gasteiger partial charge in [-0.15, -0.1) is 0 Å². The van der Waals surface area contributed by atoms with Gasteiger partial charge in [0.2, 0.25) is 0 Å². The van der Waals surface area contributed by atoms with Gasteiger partial charge >= 0.3 is 0 Å². The molecule has 0 bridgehead atoms. The molecule has 0 aliphatic carbocycles. The maximum atomic E-state index is 12.2. The molecule has 27 heavy (non-hydrogen) atoms. The van der Waals surface area contributed by atoms with Crippen LogP contribution in [0, 0.1) is 5.41 Å². The number of rotatable bonds is 5. The Balaban J connectivity index is 1.96. The van der Waals surface area contributed by atoms with Gasteiger partial charge in [-0.25, -0.2) is 4.98 Å². The average Bonchev–Trinajstić information content (AvgIpc) is 2.98. The predicted molar refractivity (Wildman–Crippen MR) is 111 cm³/mol. The van der Waals surface area contributed by atoms with Crippen molar-refractivity contribution in [3.05, 3.63) is 56.4 Å². The Morgan fingerprint density at radius 3 is 2.78 bits per heavy atom. The van der Waals surface area contributed by atoms with E-state index in [1.54, 1.807) is 19.4 Å². The van der Waals surface area contributed by atoms with Crippen LogP contribution in [0.4, 0.5) is 0 Å². The first-order chi connectivity index (χ1) is 12.8. The first kappa shape index (κ1) is 19.5. The van der Waals surface area contributed by atoms with Crippen LogP contribution in [0.1, 0.15) is 32.0 Å². The summed E-state index contributed by atoms with van der Waals surface area (Å²) in [5.74, 6) is 1.33. The van der Waals surface area contributed by atoms with Crippen molar-refractivity contribution in [2.75, 3.05) is 13.7 Å². The van der Waals surface area contributed by atoms with Gasteiger partial charge in [-0.3, -0.25) is 9.20 Å². The number of hydrogen-bond acceptors (Lipinski definition) is 5. The molecule has 0 fully saturated rings. The molecule has 0 unspecified atom stereocenters. The number of fused-ring (bicyclic) bond motifs is 1. The van der Waals surface area contributed by atoms with E-state index in [2.05, 4.69) is 25.8 Å². The van der Waals surface area contributed by atoms with Crippen molar-refractivity contribution in [1.82, 2.24) is 9.38 Å². The number of nitrogens with zero attached hydrogens (tertiary/aromatic N) is 2. The van der Waals surface area contributed by atoms with Gasteiger partial charge in [0.15, 0.2) is 16.5 Å². The summed E-state index contributed by atoms with van der Waals surface area (Å²) in [6, 6.07) is 7.17. The van der Waals surface area contributed by atoms with E-state index in [1.165, 1.54) is 21.8 Å². The van der Waals surface area contributed by atoms with E-state index in [-0.39, 0.29) is 11.0 Å². The fourth-order valence-corrected chi connectivity index (χ4v) is 3.45. The van der Waals surface area contributed by atoms with Crippen LogP contribution in [0.3, 0.4) is 0 Å². The summed E-state index contributed by atoms with van der Waals surface area (Å²) in [4.78, 5) is 17.2. The molecule has 7 heteroatoms. The zero-order valence-electron chi connectivity index (χ0n) is 15.7. The fourth-order valence-electron chi connectivity index (χ4n) is 2.42. The lowest BCUT2D eigenvalue weighted by Crippen LogP contribution is -2.17. The molecular weight excluding hydrogens is 384 g/mol. The van der Waals surface area contributed by atoms with Gasteiger partial charge in [0, 0.05) is 17.8 Å². The van der Waals surface area contributed by atoms with Gasteiger partial charge in [0.05, 0.1) is 19.4 Å². The van der Waals surface area contributed by atoms with E-state index in [0.29, 0.717) is 33.1 Å². The Bertz CT molecular complexity index is 1050. The summed E-state index contributed by atoms with van der Waals surface area (Å²) in [6.07, 6.45) is 5.23. The van der Waals surface area contributed by atoms with Gasteiger partial charge in [-0.05, 0) is 23.6 Å². The van der Waals surface area contributed by atoms with Crippen molar-refractivity contribution in [3.63, 3.8) is 0 Å². The highest BCUT2D eigenvalue weighted by Gasteiger charge is 2.15. The number of para-hydroxylation sites is 1. The number of thiazole rings is 1. The van der Waals surface area contributed by atoms with Gasteiger partial charge in [0.25, 0.3) is 5.56 Å². The molecule has 0 N–H and O–H groups in total. The van der Waals surface area contributed by atoms with Gasteiger partial charge < -0.3 is 9.47 Å². The molecule has 0 saturated carbocycles. The molecule has 2 aromatic heterocycles. The Morgan fingerprint density at radius 2 is 2.07 bits per heavy atom. The summed E-state index contributed by atoms with van der Waals surface area (Å²) in [5, 5.41) is 0. The van der Waals surface area contributed by atoms with Gasteiger partial charge in [0.1, 0.15) is 4.34 Å². The van der Waals surface area contributed by atoms with Crippen molar-refractivity contribution in [3.8, 4) is 11.5 Å². The second-order valence-electron chi connectivity index (χ2n) is 7.27. The fraction of sp³-hybridized carbons (Fsp3) is 0.300. The number of benzene rings is 1. The molecule has 0 amide bonds. The maximum Gasteiger partial charge on any atom is 0.259 e. The third kappa shape index (κ3) is 4.70. The molecular formula is C20H21ClN2O3S. The monoisotopic (exact) mass is 404 g/mol. The SMILES string of the molecule is COc1cccc(C=Cc2cc(=O)n3cc(Cl)sc3n2)c1OCC(C)(C)C. The van der Waals surface area contributed by atoms with Crippen molar-refractivity contribution in [1.29, 1.82) is 0 Å². The minimum Gasteiger partial charge on any atom is -0.493 e. The quantitative estimate of drug-likeness (QED) is 0.599. The molecule has 5 nitrogen and oxygen atoms in total. The maximum absolute atomic E-state index is 12.2. The second kappa shape index (κ2) is 7.74. The molecule has 0 saturated heterocycles. The van der Waals surface area contributed by atoms with E-state index in [0.717, 1.165) is 5.56 Å². The second-order valence-corrected chi connectivity index (χ2v) is 8.91. The standard InChI is InChI=1S/C20H21ClN2O3S/c1-20(2,3)12-26-18-13(6-5-7-15(18)25-4)8-9-14-10-17(24)23-11-16(21)27-19(23)22-14/h5-11H,12H2,1-4H3. The van der Waals surface area contributed by atoms with Gasteiger partial charge in [-0.1, -0.05) is 55.8 Å². The normalized spacial score (nSPS) is 12.0. The first-order valence-corrected chi connectivity index (χ1v) is 9.63. The van der Waals surface area contributed by atoms with Crippen molar-refractivity contribution >= 4 is 40.1 Å². The molecule has 1 aromatic carbocycles. The summed E-state index contributed by atoms with van der Waals surface area (Å²) < 4.78 is 13.4. The summed E-state index contributed by atoms with van der Waals surface area (Å²) in [5.41, 5.74) is 1.26. The van der Waals surface area contributed by atoms with E-state index in [9.17, 15) is 4.79 Å². The molecule has 0 aliphatic heterocycles. The molecule has 3 rings (SSSR count). The Kier molecular flexibility index (Phi) is 5.58. The third-order valence-corrected chi connectivity index (χ3v) is 4.77. The molecule has 0 atom stereocenters. The molecule has 2 heterocycles. The summed E-state index contributed by atoms with van der Waals surface area (Å²) >= 11 is 7.24. The van der Waals surface area contributed by atoms with E-state index in [1.807, 2.05) is 24.3 Å². The average molecular weight is 405 g/mol. The smallest absolute Gasteiger partial charge is 0.259 e. The number of hydrogen-bond donors (Lipinski definition) is 0. The lowest BCUT2D eigenvalue weighted by molar-refractivity contribution is 0.191. The number of methoxy groups -OCH3 is 1. The van der Waals surface area contributed by atoms with E-state index < -0.39 is 0 Å². The van der Waals surface area contributed by atoms with Crippen LogP contribution < -0.4 is 15.0 Å². The van der Waals surface area contributed by atoms with Crippen LogP contribution in [0.25, 0.3) is 17.1 Å². The number of ether oxygens (including phenoxy) is 2. The van der Waals surface area contributed by atoms with Crippen molar-refractivity contribution < 1.29 is 9.47 Å². The minimum atomic E-state index is -0.169. The number of aromatic nitrogens is 2. The largest absolute Gasteiger partial charge is 0.493 e. The zero-order chi connectivity index (χ0) is 19.6. The molecule has 0 radical (unpaired) electrons. The van der Waals surface area contributed by atoms with Crippen LogP contribution in [-0.4, -0.2) is 23.1 Å². The highest BCUT2D eigenvalue weighted by Crippen LogP contribution is 2.33. The zero-order valence-corrected chi connectivity index (χ0v) is 17.2. The molecule has 0 aliphatic rings. The summed E-state index contributed by atoms with van der Waals surface area (Å²) in [7, 11) is 1.61. The highest BCUT2D eigenvalue weighted by atomic mass is 35.5. The summed E-state index contributed by atoms with van der Waals surface area (Å²) in [6.45, 7) is 6.87. The van der Waals surface area contributed by atoms with E-state index >= 15 is 0 Å². The topological polar surface area (TPSA) is 52.8 Å². The molecule has 0 spiro atoms.